The molecule has 6 nitrogen and oxygen atoms in total. The van der Waals surface area contributed by atoms with Crippen LogP contribution < -0.4 is 9.47 Å². The van der Waals surface area contributed by atoms with Crippen LogP contribution in [0.25, 0.3) is 11.0 Å². The van der Waals surface area contributed by atoms with E-state index >= 15 is 0 Å². The van der Waals surface area contributed by atoms with E-state index in [0.29, 0.717) is 19.6 Å². The zero-order valence-corrected chi connectivity index (χ0v) is 17.7. The number of para-hydroxylation sites is 4. The molecule has 2 aromatic carbocycles. The van der Waals surface area contributed by atoms with Crippen LogP contribution in [0.2, 0.25) is 0 Å². The molecule has 1 fully saturated rings. The van der Waals surface area contributed by atoms with Crippen molar-refractivity contribution in [2.24, 2.45) is 0 Å². The zero-order chi connectivity index (χ0) is 20.9. The van der Waals surface area contributed by atoms with Gasteiger partial charge in [-0.25, -0.2) is 4.98 Å². The van der Waals surface area contributed by atoms with Crippen LogP contribution >= 0.6 is 0 Å². The third kappa shape index (κ3) is 4.13. The number of unbranched alkanes of at least 4 members (excludes halogenated alkanes) is 1. The Morgan fingerprint density at radius 2 is 1.83 bits per heavy atom. The molecule has 158 valence electrons. The highest BCUT2D eigenvalue weighted by Crippen LogP contribution is 2.31. The van der Waals surface area contributed by atoms with Gasteiger partial charge in [0.1, 0.15) is 12.4 Å². The molecule has 0 N–H and O–H groups in total. The van der Waals surface area contributed by atoms with Gasteiger partial charge < -0.3 is 18.9 Å². The molecule has 6 heteroatoms. The lowest BCUT2D eigenvalue weighted by Gasteiger charge is -2.17. The summed E-state index contributed by atoms with van der Waals surface area (Å²) in [6, 6.07) is 15.8. The van der Waals surface area contributed by atoms with Crippen molar-refractivity contribution in [2.75, 3.05) is 26.8 Å². The van der Waals surface area contributed by atoms with Gasteiger partial charge in [0.25, 0.3) is 0 Å². The van der Waals surface area contributed by atoms with E-state index in [1.807, 2.05) is 47.4 Å². The number of imidazole rings is 1. The molecule has 0 saturated carbocycles. The summed E-state index contributed by atoms with van der Waals surface area (Å²) in [5.41, 5.74) is 2.04. The van der Waals surface area contributed by atoms with Crippen molar-refractivity contribution >= 4 is 16.9 Å². The molecule has 1 aliphatic heterocycles. The summed E-state index contributed by atoms with van der Waals surface area (Å²) >= 11 is 0. The van der Waals surface area contributed by atoms with E-state index in [4.69, 9.17) is 14.5 Å². The SMILES string of the molecule is CCCCN1C[C@H](c2nc3ccccc3n2CCOc2ccccc2OC)CC1=O. The Kier molecular flexibility index (Phi) is 6.21. The summed E-state index contributed by atoms with van der Waals surface area (Å²) in [4.78, 5) is 19.4. The van der Waals surface area contributed by atoms with Crippen molar-refractivity contribution < 1.29 is 14.3 Å². The maximum atomic E-state index is 12.5. The first-order valence-electron chi connectivity index (χ1n) is 10.7. The maximum Gasteiger partial charge on any atom is 0.223 e. The van der Waals surface area contributed by atoms with Crippen molar-refractivity contribution in [3.8, 4) is 11.5 Å². The van der Waals surface area contributed by atoms with Crippen LogP contribution in [0.15, 0.2) is 48.5 Å². The molecule has 30 heavy (non-hydrogen) atoms. The minimum atomic E-state index is 0.119. The lowest BCUT2D eigenvalue weighted by atomic mass is 10.1. The molecule has 4 rings (SSSR count). The summed E-state index contributed by atoms with van der Waals surface area (Å²) in [6.07, 6.45) is 2.66. The fourth-order valence-corrected chi connectivity index (χ4v) is 4.14. The molecule has 0 unspecified atom stereocenters. The van der Waals surface area contributed by atoms with Crippen LogP contribution in [0.4, 0.5) is 0 Å². The molecule has 1 aromatic heterocycles. The molecule has 1 saturated heterocycles. The van der Waals surface area contributed by atoms with Gasteiger partial charge >= 0.3 is 0 Å². The lowest BCUT2D eigenvalue weighted by molar-refractivity contribution is -0.127. The van der Waals surface area contributed by atoms with Gasteiger partial charge in [0.2, 0.25) is 5.91 Å². The molecule has 1 aliphatic rings. The quantitative estimate of drug-likeness (QED) is 0.532. The molecule has 1 amide bonds. The van der Waals surface area contributed by atoms with Gasteiger partial charge in [-0.2, -0.15) is 0 Å². The fourth-order valence-electron chi connectivity index (χ4n) is 4.14. The van der Waals surface area contributed by atoms with Crippen LogP contribution in [0.5, 0.6) is 11.5 Å². The number of ether oxygens (including phenoxy) is 2. The largest absolute Gasteiger partial charge is 0.493 e. The van der Waals surface area contributed by atoms with Crippen LogP contribution in [0.1, 0.15) is 37.9 Å². The number of nitrogens with zero attached hydrogens (tertiary/aromatic N) is 3. The average molecular weight is 408 g/mol. The highest BCUT2D eigenvalue weighted by molar-refractivity contribution is 5.80. The highest BCUT2D eigenvalue weighted by Gasteiger charge is 2.33. The Hall–Kier alpha value is -3.02. The van der Waals surface area contributed by atoms with Gasteiger partial charge in [0.05, 0.1) is 24.7 Å². The molecule has 1 atom stereocenters. The predicted molar refractivity (Wildman–Crippen MR) is 117 cm³/mol. The molecule has 2 heterocycles. The molecule has 0 bridgehead atoms. The standard InChI is InChI=1S/C24H29N3O3/c1-3-4-13-26-17-18(16-23(26)28)24-25-19-9-5-6-10-20(19)27(24)14-15-30-22-12-8-7-11-21(22)29-2/h5-12,18H,3-4,13-17H2,1-2H3/t18-/m1/s1. The number of fused-ring (bicyclic) bond motifs is 1. The first-order chi connectivity index (χ1) is 14.7. The number of hydrogen-bond acceptors (Lipinski definition) is 4. The van der Waals surface area contributed by atoms with Crippen molar-refractivity contribution in [3.63, 3.8) is 0 Å². The first-order valence-corrected chi connectivity index (χ1v) is 10.7. The van der Waals surface area contributed by atoms with Crippen molar-refractivity contribution in [2.45, 2.75) is 38.6 Å². The normalized spacial score (nSPS) is 16.4. The van der Waals surface area contributed by atoms with E-state index in [9.17, 15) is 4.79 Å². The molecule has 0 spiro atoms. The second kappa shape index (κ2) is 9.20. The zero-order valence-electron chi connectivity index (χ0n) is 17.7. The van der Waals surface area contributed by atoms with Crippen LogP contribution in [0.3, 0.4) is 0 Å². The number of carbonyl (C=O) groups excluding carboxylic acids is 1. The van der Waals surface area contributed by atoms with Gasteiger partial charge in [-0.1, -0.05) is 37.6 Å². The second-order valence-corrected chi connectivity index (χ2v) is 7.70. The summed E-state index contributed by atoms with van der Waals surface area (Å²) in [5, 5.41) is 0. The van der Waals surface area contributed by atoms with E-state index in [1.54, 1.807) is 7.11 Å². The van der Waals surface area contributed by atoms with E-state index in [0.717, 1.165) is 54.3 Å². The number of benzene rings is 2. The topological polar surface area (TPSA) is 56.6 Å². The summed E-state index contributed by atoms with van der Waals surface area (Å²) in [7, 11) is 1.64. The summed E-state index contributed by atoms with van der Waals surface area (Å²) < 4.78 is 13.6. The second-order valence-electron chi connectivity index (χ2n) is 7.70. The Morgan fingerprint density at radius 1 is 1.07 bits per heavy atom. The molecule has 0 radical (unpaired) electrons. The van der Waals surface area contributed by atoms with Crippen LogP contribution in [-0.2, 0) is 11.3 Å². The van der Waals surface area contributed by atoms with Gasteiger partial charge in [0, 0.05) is 25.4 Å². The number of carbonyl (C=O) groups is 1. The van der Waals surface area contributed by atoms with Gasteiger partial charge in [-0.15, -0.1) is 0 Å². The van der Waals surface area contributed by atoms with E-state index in [-0.39, 0.29) is 11.8 Å². The smallest absolute Gasteiger partial charge is 0.223 e. The third-order valence-corrected chi connectivity index (χ3v) is 5.69. The van der Waals surface area contributed by atoms with E-state index in [1.165, 1.54) is 0 Å². The lowest BCUT2D eigenvalue weighted by Crippen LogP contribution is -2.26. The minimum Gasteiger partial charge on any atom is -0.493 e. The van der Waals surface area contributed by atoms with Crippen LogP contribution in [-0.4, -0.2) is 47.2 Å². The van der Waals surface area contributed by atoms with E-state index < -0.39 is 0 Å². The summed E-state index contributed by atoms with van der Waals surface area (Å²) in [6.45, 7) is 4.89. The van der Waals surface area contributed by atoms with Gasteiger partial charge in [0.15, 0.2) is 11.5 Å². The van der Waals surface area contributed by atoms with Gasteiger partial charge in [-0.3, -0.25) is 4.79 Å². The monoisotopic (exact) mass is 407 g/mol. The Balaban J connectivity index is 1.54. The molecular formula is C24H29N3O3. The number of aromatic nitrogens is 2. The number of amides is 1. The Bertz CT molecular complexity index is 1010. The number of methoxy groups -OCH3 is 1. The number of rotatable bonds is 9. The van der Waals surface area contributed by atoms with Crippen molar-refractivity contribution in [1.29, 1.82) is 0 Å². The molecular weight excluding hydrogens is 378 g/mol. The molecule has 3 aromatic rings. The summed E-state index contributed by atoms with van der Waals surface area (Å²) in [5.74, 6) is 2.78. The van der Waals surface area contributed by atoms with E-state index in [2.05, 4.69) is 17.6 Å². The number of likely N-dealkylation sites (tertiary alicyclic amines) is 1. The van der Waals surface area contributed by atoms with Gasteiger partial charge in [-0.05, 0) is 30.7 Å². The molecule has 0 aliphatic carbocycles. The van der Waals surface area contributed by atoms with Crippen LogP contribution in [0, 0.1) is 0 Å². The third-order valence-electron chi connectivity index (χ3n) is 5.69. The first kappa shape index (κ1) is 20.3. The average Bonchev–Trinajstić information content (AvgIpc) is 3.33. The minimum absolute atomic E-state index is 0.119. The predicted octanol–water partition coefficient (Wildman–Crippen LogP) is 4.24. The highest BCUT2D eigenvalue weighted by atomic mass is 16.5. The fraction of sp³-hybridized carbons (Fsp3) is 0.417. The van der Waals surface area contributed by atoms with Crippen molar-refractivity contribution in [3.05, 3.63) is 54.4 Å². The maximum absolute atomic E-state index is 12.5. The number of hydrogen-bond donors (Lipinski definition) is 0. The Morgan fingerprint density at radius 3 is 2.63 bits per heavy atom. The van der Waals surface area contributed by atoms with Crippen molar-refractivity contribution in [1.82, 2.24) is 14.5 Å². The Labute approximate surface area is 177 Å².